The largest absolute Gasteiger partial charge is 0.339 e. The fourth-order valence-electron chi connectivity index (χ4n) is 2.46. The summed E-state index contributed by atoms with van der Waals surface area (Å²) < 4.78 is 0. The number of nitrogens with zero attached hydrogens (tertiary/aromatic N) is 6. The van der Waals surface area contributed by atoms with Gasteiger partial charge in [0.25, 0.3) is 0 Å². The molecule has 8 nitrogen and oxygen atoms in total. The normalized spacial score (nSPS) is 10.7. The van der Waals surface area contributed by atoms with Crippen LogP contribution in [0.3, 0.4) is 0 Å². The Balaban J connectivity index is 1.37. The van der Waals surface area contributed by atoms with Crippen LogP contribution in [0.5, 0.6) is 0 Å². The van der Waals surface area contributed by atoms with E-state index in [0.29, 0.717) is 11.6 Å². The molecule has 0 aliphatic heterocycles. The molecule has 2 heterocycles. The predicted molar refractivity (Wildman–Crippen MR) is 108 cm³/mol. The van der Waals surface area contributed by atoms with Crippen molar-refractivity contribution in [1.82, 2.24) is 30.8 Å². The molecule has 0 atom stereocenters. The molecule has 0 fully saturated rings. The summed E-state index contributed by atoms with van der Waals surface area (Å²) in [5, 5.41) is 28.7. The molecular weight excluding hydrogens is 352 g/mol. The highest BCUT2D eigenvalue weighted by atomic mass is 15.3. The molecule has 4 rings (SSSR count). The topological polar surface area (TPSA) is 101 Å². The lowest BCUT2D eigenvalue weighted by atomic mass is 10.1. The highest BCUT2D eigenvalue weighted by molar-refractivity contribution is 5.72. The lowest BCUT2D eigenvalue weighted by Crippen LogP contribution is -1.95. The zero-order valence-electron chi connectivity index (χ0n) is 14.8. The molecule has 0 spiro atoms. The van der Waals surface area contributed by atoms with E-state index < -0.39 is 0 Å². The van der Waals surface area contributed by atoms with Gasteiger partial charge in [0.2, 0.25) is 0 Å². The van der Waals surface area contributed by atoms with Gasteiger partial charge in [-0.25, -0.2) is 0 Å². The van der Waals surface area contributed by atoms with Gasteiger partial charge in [0.15, 0.2) is 11.6 Å². The van der Waals surface area contributed by atoms with Crippen molar-refractivity contribution < 1.29 is 0 Å². The molecule has 4 aromatic rings. The second kappa shape index (κ2) is 8.45. The molecule has 0 amide bonds. The van der Waals surface area contributed by atoms with Crippen LogP contribution in [0.25, 0.3) is 12.2 Å². The number of aromatic nitrogens is 6. The van der Waals surface area contributed by atoms with Crippen molar-refractivity contribution in [3.05, 3.63) is 84.2 Å². The Morgan fingerprint density at radius 1 is 0.536 bits per heavy atom. The van der Waals surface area contributed by atoms with Gasteiger partial charge in [-0.15, -0.1) is 20.4 Å². The average Bonchev–Trinajstić information content (AvgIpc) is 2.76. The SMILES string of the molecule is C(=C\c1ccc(Nc2ccnnn2)cc1)/c1ccc(Nc2ccnnn2)cc1. The van der Waals surface area contributed by atoms with Gasteiger partial charge in [0.1, 0.15) is 0 Å². The van der Waals surface area contributed by atoms with Gasteiger partial charge in [-0.05, 0) is 45.8 Å². The van der Waals surface area contributed by atoms with Crippen LogP contribution in [0, 0.1) is 0 Å². The first-order chi connectivity index (χ1) is 13.8. The summed E-state index contributed by atoms with van der Waals surface area (Å²) in [6.07, 6.45) is 7.31. The lowest BCUT2D eigenvalue weighted by molar-refractivity contribution is 0.871. The van der Waals surface area contributed by atoms with Crippen molar-refractivity contribution in [3.8, 4) is 0 Å². The third-order valence-corrected chi connectivity index (χ3v) is 3.84. The van der Waals surface area contributed by atoms with E-state index in [1.54, 1.807) is 24.5 Å². The summed E-state index contributed by atoms with van der Waals surface area (Å²) in [4.78, 5) is 0. The smallest absolute Gasteiger partial charge is 0.156 e. The highest BCUT2D eigenvalue weighted by Gasteiger charge is 1.97. The zero-order chi connectivity index (χ0) is 19.0. The van der Waals surface area contributed by atoms with Crippen LogP contribution < -0.4 is 10.6 Å². The van der Waals surface area contributed by atoms with Crippen LogP contribution in [0.15, 0.2) is 73.1 Å². The van der Waals surface area contributed by atoms with Gasteiger partial charge in [0, 0.05) is 23.5 Å². The molecular formula is C20H16N8. The van der Waals surface area contributed by atoms with Gasteiger partial charge < -0.3 is 10.6 Å². The average molecular weight is 368 g/mol. The van der Waals surface area contributed by atoms with Crippen molar-refractivity contribution in [2.24, 2.45) is 0 Å². The first kappa shape index (κ1) is 17.2. The maximum atomic E-state index is 3.90. The molecule has 2 N–H and O–H groups in total. The van der Waals surface area contributed by atoms with Crippen molar-refractivity contribution in [3.63, 3.8) is 0 Å². The minimum Gasteiger partial charge on any atom is -0.339 e. The summed E-state index contributed by atoms with van der Waals surface area (Å²) in [7, 11) is 0. The van der Waals surface area contributed by atoms with Gasteiger partial charge in [-0.3, -0.25) is 0 Å². The standard InChI is InChI=1S/C20H16N8/c1(15-3-7-17(8-4-15)23-19-11-13-21-27-25-19)2-16-5-9-18(10-6-16)24-20-12-14-22-28-26-20/h1-14H,(H,21,23,25)(H,22,24,26)/b2-1+. The molecule has 8 heteroatoms. The first-order valence-corrected chi connectivity index (χ1v) is 8.56. The predicted octanol–water partition coefficient (Wildman–Crippen LogP) is 3.71. The summed E-state index contributed by atoms with van der Waals surface area (Å²) in [5.74, 6) is 1.31. The fourth-order valence-corrected chi connectivity index (χ4v) is 2.46. The van der Waals surface area contributed by atoms with Gasteiger partial charge in [-0.1, -0.05) is 36.4 Å². The van der Waals surface area contributed by atoms with Crippen LogP contribution >= 0.6 is 0 Å². The van der Waals surface area contributed by atoms with E-state index in [0.717, 1.165) is 22.5 Å². The minimum atomic E-state index is 0.657. The Hall–Kier alpha value is -4.20. The number of anilines is 4. The second-order valence-electron chi connectivity index (χ2n) is 5.84. The summed E-state index contributed by atoms with van der Waals surface area (Å²) in [6, 6.07) is 19.6. The molecule has 28 heavy (non-hydrogen) atoms. The van der Waals surface area contributed by atoms with E-state index in [9.17, 15) is 0 Å². The molecule has 0 saturated carbocycles. The molecule has 0 radical (unpaired) electrons. The number of hydrogen-bond donors (Lipinski definition) is 2. The van der Waals surface area contributed by atoms with E-state index in [2.05, 4.69) is 53.6 Å². The molecule has 2 aromatic heterocycles. The van der Waals surface area contributed by atoms with Gasteiger partial charge in [0.05, 0.1) is 12.4 Å². The van der Waals surface area contributed by atoms with Crippen molar-refractivity contribution >= 4 is 35.2 Å². The Morgan fingerprint density at radius 2 is 0.964 bits per heavy atom. The van der Waals surface area contributed by atoms with Gasteiger partial charge in [-0.2, -0.15) is 0 Å². The van der Waals surface area contributed by atoms with E-state index in [4.69, 9.17) is 0 Å². The fraction of sp³-hybridized carbons (Fsp3) is 0. The van der Waals surface area contributed by atoms with Gasteiger partial charge >= 0.3 is 0 Å². The van der Waals surface area contributed by atoms with E-state index >= 15 is 0 Å². The third-order valence-electron chi connectivity index (χ3n) is 3.84. The molecule has 0 saturated heterocycles. The van der Waals surface area contributed by atoms with Crippen molar-refractivity contribution in [2.75, 3.05) is 10.6 Å². The van der Waals surface area contributed by atoms with Crippen LogP contribution in [0.4, 0.5) is 23.0 Å². The lowest BCUT2D eigenvalue weighted by Gasteiger charge is -2.05. The van der Waals surface area contributed by atoms with Crippen molar-refractivity contribution in [1.29, 1.82) is 0 Å². The Kier molecular flexibility index (Phi) is 5.20. The molecule has 0 aliphatic carbocycles. The summed E-state index contributed by atoms with van der Waals surface area (Å²) >= 11 is 0. The third kappa shape index (κ3) is 4.70. The van der Waals surface area contributed by atoms with E-state index in [1.807, 2.05) is 48.5 Å². The van der Waals surface area contributed by atoms with Crippen molar-refractivity contribution in [2.45, 2.75) is 0 Å². The van der Waals surface area contributed by atoms with E-state index in [-0.39, 0.29) is 0 Å². The molecule has 0 unspecified atom stereocenters. The van der Waals surface area contributed by atoms with Crippen LogP contribution in [-0.4, -0.2) is 30.8 Å². The maximum Gasteiger partial charge on any atom is 0.156 e. The Morgan fingerprint density at radius 3 is 1.32 bits per heavy atom. The summed E-state index contributed by atoms with van der Waals surface area (Å²) in [5.41, 5.74) is 4.07. The number of hydrogen-bond acceptors (Lipinski definition) is 8. The number of rotatable bonds is 6. The molecule has 0 aliphatic rings. The molecule has 0 bridgehead atoms. The maximum absolute atomic E-state index is 3.90. The number of nitrogens with one attached hydrogen (secondary N) is 2. The Labute approximate surface area is 161 Å². The zero-order valence-corrected chi connectivity index (χ0v) is 14.8. The monoisotopic (exact) mass is 368 g/mol. The van der Waals surface area contributed by atoms with E-state index in [1.165, 1.54) is 0 Å². The molecule has 2 aromatic carbocycles. The first-order valence-electron chi connectivity index (χ1n) is 8.56. The van der Waals surface area contributed by atoms with Crippen LogP contribution in [0.1, 0.15) is 11.1 Å². The number of benzene rings is 2. The van der Waals surface area contributed by atoms with Crippen LogP contribution in [-0.2, 0) is 0 Å². The Bertz CT molecular complexity index is 946. The highest BCUT2D eigenvalue weighted by Crippen LogP contribution is 2.18. The molecule has 136 valence electrons. The quantitative estimate of drug-likeness (QED) is 0.497. The summed E-state index contributed by atoms with van der Waals surface area (Å²) in [6.45, 7) is 0. The second-order valence-corrected chi connectivity index (χ2v) is 5.84. The minimum absolute atomic E-state index is 0.657. The van der Waals surface area contributed by atoms with Crippen LogP contribution in [0.2, 0.25) is 0 Å².